The van der Waals surface area contributed by atoms with E-state index >= 15 is 0 Å². The molecule has 0 radical (unpaired) electrons. The lowest BCUT2D eigenvalue weighted by Gasteiger charge is -2.16. The van der Waals surface area contributed by atoms with Crippen LogP contribution in [0.1, 0.15) is 38.7 Å². The zero-order valence-electron chi connectivity index (χ0n) is 12.0. The number of rotatable bonds is 10. The molecule has 0 aliphatic heterocycles. The summed E-state index contributed by atoms with van der Waals surface area (Å²) in [5.41, 5.74) is 1.30. The zero-order chi connectivity index (χ0) is 13.9. The van der Waals surface area contributed by atoms with Crippen LogP contribution in [0, 0.1) is 0 Å². The van der Waals surface area contributed by atoms with Crippen molar-refractivity contribution in [2.75, 3.05) is 13.2 Å². The van der Waals surface area contributed by atoms with Crippen LogP contribution in [0.2, 0.25) is 11.1 Å². The fraction of sp³-hybridized carbons (Fsp3) is 0.600. The van der Waals surface area contributed by atoms with Crippen molar-refractivity contribution in [3.63, 3.8) is 0 Å². The van der Waals surface area contributed by atoms with E-state index in [1.54, 1.807) is 0 Å². The normalized spacial score (nSPS) is 11.2. The molecule has 0 aliphatic carbocycles. The summed E-state index contributed by atoms with van der Waals surface area (Å²) in [5.74, 6) is 0. The predicted molar refractivity (Wildman–Crippen MR) is 84.2 cm³/mol. The van der Waals surface area contributed by atoms with E-state index in [2.05, 4.69) is 19.9 Å². The minimum Gasteiger partial charge on any atom is -0.397 e. The lowest BCUT2D eigenvalue weighted by atomic mass is 10.1. The van der Waals surface area contributed by atoms with E-state index in [0.29, 0.717) is 0 Å². The topological polar surface area (TPSA) is 18.5 Å². The Morgan fingerprint density at radius 3 is 2.37 bits per heavy atom. The quantitative estimate of drug-likeness (QED) is 0.598. The number of benzene rings is 1. The Bertz CT molecular complexity index is 339. The van der Waals surface area contributed by atoms with Crippen LogP contribution < -0.4 is 0 Å². The lowest BCUT2D eigenvalue weighted by Crippen LogP contribution is -2.24. The third kappa shape index (κ3) is 7.73. The van der Waals surface area contributed by atoms with Crippen LogP contribution in [0.5, 0.6) is 0 Å². The molecule has 1 aromatic rings. The van der Waals surface area contributed by atoms with Crippen molar-refractivity contribution in [2.24, 2.45) is 0 Å². The molecular weight excluding hydrogens is 276 g/mol. The van der Waals surface area contributed by atoms with Crippen LogP contribution in [0.25, 0.3) is 0 Å². The monoisotopic (exact) mass is 300 g/mol. The molecule has 0 fully saturated rings. The van der Waals surface area contributed by atoms with E-state index in [1.165, 1.54) is 5.56 Å². The first-order chi connectivity index (χ1) is 9.26. The molecule has 0 saturated heterocycles. The summed E-state index contributed by atoms with van der Waals surface area (Å²) in [7, 11) is -1.46. The second kappa shape index (κ2) is 10.4. The summed E-state index contributed by atoms with van der Waals surface area (Å²) < 4.78 is 11.7. The van der Waals surface area contributed by atoms with Crippen LogP contribution in [-0.4, -0.2) is 22.5 Å². The number of hydrogen-bond donors (Lipinski definition) is 0. The van der Waals surface area contributed by atoms with Gasteiger partial charge in [-0.1, -0.05) is 37.6 Å². The summed E-state index contributed by atoms with van der Waals surface area (Å²) >= 11 is 5.98. The van der Waals surface area contributed by atoms with E-state index in [-0.39, 0.29) is 0 Å². The van der Waals surface area contributed by atoms with Gasteiger partial charge in [-0.05, 0) is 49.4 Å². The molecule has 0 amide bonds. The molecule has 2 nitrogen and oxygen atoms in total. The van der Waals surface area contributed by atoms with Gasteiger partial charge in [0.25, 0.3) is 0 Å². The molecule has 1 rings (SSSR count). The smallest absolute Gasteiger partial charge is 0.321 e. The summed E-state index contributed by atoms with van der Waals surface area (Å²) in [6.07, 6.45) is 4.29. The Kier molecular flexibility index (Phi) is 9.17. The first-order valence-corrected chi connectivity index (χ1v) is 9.37. The molecule has 1 aromatic carbocycles. The first kappa shape index (κ1) is 16.7. The van der Waals surface area contributed by atoms with Gasteiger partial charge in [0.1, 0.15) is 0 Å². The highest BCUT2D eigenvalue weighted by molar-refractivity contribution is 6.44. The van der Waals surface area contributed by atoms with Crippen LogP contribution in [0.4, 0.5) is 0 Å². The minimum absolute atomic E-state index is 0.816. The first-order valence-electron chi connectivity index (χ1n) is 7.24. The average molecular weight is 301 g/mol. The van der Waals surface area contributed by atoms with Gasteiger partial charge in [-0.3, -0.25) is 0 Å². The maximum atomic E-state index is 5.98. The molecule has 0 saturated carbocycles. The third-order valence-electron chi connectivity index (χ3n) is 2.81. The molecule has 108 valence electrons. The molecule has 0 N–H and O–H groups in total. The Hall–Kier alpha value is -0.353. The average Bonchev–Trinajstić information content (AvgIpc) is 2.41. The van der Waals surface area contributed by atoms with E-state index < -0.39 is 9.28 Å². The number of hydrogen-bond acceptors (Lipinski definition) is 2. The number of halogens is 1. The summed E-state index contributed by atoms with van der Waals surface area (Å²) in [5, 5.41) is 0.816. The van der Waals surface area contributed by atoms with Gasteiger partial charge in [0.05, 0.1) is 0 Å². The molecule has 19 heavy (non-hydrogen) atoms. The van der Waals surface area contributed by atoms with E-state index in [9.17, 15) is 0 Å². The Morgan fingerprint density at radius 1 is 1.11 bits per heavy atom. The third-order valence-corrected chi connectivity index (χ3v) is 5.14. The van der Waals surface area contributed by atoms with Crippen molar-refractivity contribution in [3.05, 3.63) is 34.9 Å². The highest BCUT2D eigenvalue weighted by atomic mass is 35.5. The Labute approximate surface area is 123 Å². The van der Waals surface area contributed by atoms with Crippen molar-refractivity contribution >= 4 is 20.9 Å². The standard InChI is InChI=1S/C15H25ClO2Si/c1-3-10-17-19(18-11-4-2)12-6-8-14-7-5-9-15(16)13-14/h5,7,9,13,19H,3-4,6,8,10-12H2,1-2H3. The highest BCUT2D eigenvalue weighted by Crippen LogP contribution is 2.14. The minimum atomic E-state index is -1.46. The predicted octanol–water partition coefficient (Wildman–Crippen LogP) is 4.35. The van der Waals surface area contributed by atoms with Crippen molar-refractivity contribution in [1.82, 2.24) is 0 Å². The van der Waals surface area contributed by atoms with Gasteiger partial charge in [0.15, 0.2) is 0 Å². The van der Waals surface area contributed by atoms with E-state index in [1.807, 2.05) is 18.2 Å². The van der Waals surface area contributed by atoms with Crippen molar-refractivity contribution in [1.29, 1.82) is 0 Å². The highest BCUT2D eigenvalue weighted by Gasteiger charge is 2.12. The van der Waals surface area contributed by atoms with Gasteiger partial charge in [-0.2, -0.15) is 0 Å². The van der Waals surface area contributed by atoms with Crippen LogP contribution in [0.15, 0.2) is 24.3 Å². The van der Waals surface area contributed by atoms with E-state index in [4.69, 9.17) is 20.5 Å². The molecule has 4 heteroatoms. The number of aryl methyl sites for hydroxylation is 1. The van der Waals surface area contributed by atoms with Crippen LogP contribution >= 0.6 is 11.6 Å². The van der Waals surface area contributed by atoms with Gasteiger partial charge in [0, 0.05) is 18.2 Å². The molecule has 0 spiro atoms. The summed E-state index contributed by atoms with van der Waals surface area (Å²) in [6, 6.07) is 9.16. The van der Waals surface area contributed by atoms with Gasteiger partial charge >= 0.3 is 9.28 Å². The largest absolute Gasteiger partial charge is 0.397 e. The van der Waals surface area contributed by atoms with Gasteiger partial charge in [0.2, 0.25) is 0 Å². The molecule has 0 aromatic heterocycles. The van der Waals surface area contributed by atoms with Crippen molar-refractivity contribution < 1.29 is 8.85 Å². The Morgan fingerprint density at radius 2 is 1.79 bits per heavy atom. The van der Waals surface area contributed by atoms with Crippen molar-refractivity contribution in [2.45, 2.75) is 45.6 Å². The maximum Gasteiger partial charge on any atom is 0.321 e. The summed E-state index contributed by atoms with van der Waals surface area (Å²) in [4.78, 5) is 0. The van der Waals surface area contributed by atoms with Crippen LogP contribution in [0.3, 0.4) is 0 Å². The molecule has 0 atom stereocenters. The van der Waals surface area contributed by atoms with Crippen molar-refractivity contribution in [3.8, 4) is 0 Å². The second-order valence-electron chi connectivity index (χ2n) is 4.69. The fourth-order valence-electron chi connectivity index (χ4n) is 1.88. The molecule has 0 bridgehead atoms. The zero-order valence-corrected chi connectivity index (χ0v) is 13.9. The molecule has 0 unspecified atom stereocenters. The fourth-order valence-corrected chi connectivity index (χ4v) is 4.06. The second-order valence-corrected chi connectivity index (χ2v) is 7.23. The van der Waals surface area contributed by atoms with Gasteiger partial charge in [-0.25, -0.2) is 0 Å². The lowest BCUT2D eigenvalue weighted by molar-refractivity contribution is 0.196. The molecule has 0 heterocycles. The maximum absolute atomic E-state index is 5.98. The summed E-state index contributed by atoms with van der Waals surface area (Å²) in [6.45, 7) is 5.93. The van der Waals surface area contributed by atoms with Gasteiger partial charge < -0.3 is 8.85 Å². The Balaban J connectivity index is 2.29. The SMILES string of the molecule is CCCO[SiH](CCCc1cccc(Cl)c1)OCCC. The van der Waals surface area contributed by atoms with E-state index in [0.717, 1.165) is 50.0 Å². The molecule has 0 aliphatic rings. The van der Waals surface area contributed by atoms with Crippen LogP contribution in [-0.2, 0) is 15.3 Å². The molecular formula is C15H25ClO2Si. The van der Waals surface area contributed by atoms with Gasteiger partial charge in [-0.15, -0.1) is 0 Å².